The Morgan fingerprint density at radius 2 is 1.59 bits per heavy atom. The molecule has 1 aromatic heterocycles. The van der Waals surface area contributed by atoms with Gasteiger partial charge in [-0.3, -0.25) is 4.79 Å². The number of benzene rings is 1. The second-order valence-electron chi connectivity index (χ2n) is 7.43. The van der Waals surface area contributed by atoms with E-state index in [1.807, 2.05) is 35.2 Å². The van der Waals surface area contributed by atoms with Crippen molar-refractivity contribution in [2.45, 2.75) is 32.2 Å². The highest BCUT2D eigenvalue weighted by molar-refractivity contribution is 5.94. The summed E-state index contributed by atoms with van der Waals surface area (Å²) in [7, 11) is 0. The van der Waals surface area contributed by atoms with Crippen LogP contribution in [0.1, 0.15) is 36.5 Å². The molecule has 2 aliphatic heterocycles. The van der Waals surface area contributed by atoms with Crippen LogP contribution in [0.3, 0.4) is 0 Å². The van der Waals surface area contributed by atoms with Crippen molar-refractivity contribution in [2.75, 3.05) is 42.5 Å². The Morgan fingerprint density at radius 3 is 2.26 bits per heavy atom. The van der Waals surface area contributed by atoms with Gasteiger partial charge in [0, 0.05) is 44.3 Å². The largest absolute Gasteiger partial charge is 0.352 e. The number of hydrogen-bond acceptors (Lipinski definition) is 5. The minimum atomic E-state index is 0.107. The van der Waals surface area contributed by atoms with Crippen molar-refractivity contribution >= 4 is 17.5 Å². The number of carbonyl (C=O) groups excluding carboxylic acids is 1. The van der Waals surface area contributed by atoms with E-state index >= 15 is 0 Å². The average Bonchev–Trinajstić information content (AvgIpc) is 2.74. The molecule has 0 N–H and O–H groups in total. The normalized spacial score (nSPS) is 20.6. The topological polar surface area (TPSA) is 52.6 Å². The molecule has 0 aliphatic carbocycles. The number of piperidine rings is 1. The Labute approximate surface area is 160 Å². The Bertz CT molecular complexity index is 756. The van der Waals surface area contributed by atoms with Crippen molar-refractivity contribution in [3.63, 3.8) is 0 Å². The molecule has 1 aromatic carbocycles. The SMILES string of the molecule is CC1CCCCN1c1ccc(N2CCN(C(=O)c3ccccc3)CC2)nn1. The van der Waals surface area contributed by atoms with Crippen molar-refractivity contribution in [3.05, 3.63) is 48.0 Å². The van der Waals surface area contributed by atoms with Gasteiger partial charge in [-0.1, -0.05) is 18.2 Å². The molecule has 0 radical (unpaired) electrons. The first kappa shape index (κ1) is 17.8. The molecule has 2 aliphatic rings. The number of anilines is 2. The summed E-state index contributed by atoms with van der Waals surface area (Å²) in [4.78, 5) is 19.1. The quantitative estimate of drug-likeness (QED) is 0.837. The van der Waals surface area contributed by atoms with Crippen molar-refractivity contribution in [3.8, 4) is 0 Å². The van der Waals surface area contributed by atoms with Gasteiger partial charge < -0.3 is 14.7 Å². The molecular weight excluding hydrogens is 338 g/mol. The molecule has 0 spiro atoms. The summed E-state index contributed by atoms with van der Waals surface area (Å²) in [5.41, 5.74) is 0.755. The van der Waals surface area contributed by atoms with E-state index in [0.717, 1.165) is 36.8 Å². The van der Waals surface area contributed by atoms with Gasteiger partial charge in [0.2, 0.25) is 0 Å². The molecule has 1 atom stereocenters. The monoisotopic (exact) mass is 365 g/mol. The zero-order chi connectivity index (χ0) is 18.6. The first-order valence-corrected chi connectivity index (χ1v) is 9.92. The predicted octanol–water partition coefficient (Wildman–Crippen LogP) is 2.82. The van der Waals surface area contributed by atoms with Crippen LogP contribution in [-0.2, 0) is 0 Å². The minimum Gasteiger partial charge on any atom is -0.352 e. The van der Waals surface area contributed by atoms with Gasteiger partial charge in [-0.05, 0) is 50.5 Å². The lowest BCUT2D eigenvalue weighted by Crippen LogP contribution is -2.49. The third kappa shape index (κ3) is 3.89. The van der Waals surface area contributed by atoms with E-state index in [1.165, 1.54) is 19.3 Å². The van der Waals surface area contributed by atoms with Crippen molar-refractivity contribution in [2.24, 2.45) is 0 Å². The van der Waals surface area contributed by atoms with E-state index in [4.69, 9.17) is 0 Å². The van der Waals surface area contributed by atoms with E-state index in [2.05, 4.69) is 39.1 Å². The second kappa shape index (κ2) is 7.94. The van der Waals surface area contributed by atoms with Gasteiger partial charge in [0.25, 0.3) is 5.91 Å². The van der Waals surface area contributed by atoms with Gasteiger partial charge in [-0.15, -0.1) is 10.2 Å². The Morgan fingerprint density at radius 1 is 0.889 bits per heavy atom. The van der Waals surface area contributed by atoms with Crippen molar-refractivity contribution in [1.82, 2.24) is 15.1 Å². The summed E-state index contributed by atoms with van der Waals surface area (Å²) in [6.07, 6.45) is 3.75. The summed E-state index contributed by atoms with van der Waals surface area (Å²) in [5.74, 6) is 1.98. The molecule has 4 rings (SSSR count). The first-order valence-electron chi connectivity index (χ1n) is 9.92. The first-order chi connectivity index (χ1) is 13.2. The summed E-state index contributed by atoms with van der Waals surface area (Å²) < 4.78 is 0. The summed E-state index contributed by atoms with van der Waals surface area (Å²) in [6.45, 7) is 6.31. The average molecular weight is 365 g/mol. The highest BCUT2D eigenvalue weighted by Crippen LogP contribution is 2.24. The van der Waals surface area contributed by atoms with Crippen LogP contribution in [0.15, 0.2) is 42.5 Å². The fourth-order valence-electron chi connectivity index (χ4n) is 3.98. The van der Waals surface area contributed by atoms with Gasteiger partial charge in [0.15, 0.2) is 11.6 Å². The van der Waals surface area contributed by atoms with Gasteiger partial charge in [0.05, 0.1) is 0 Å². The second-order valence-corrected chi connectivity index (χ2v) is 7.43. The maximum Gasteiger partial charge on any atom is 0.253 e. The number of amides is 1. The Balaban J connectivity index is 1.36. The van der Waals surface area contributed by atoms with Gasteiger partial charge >= 0.3 is 0 Å². The molecule has 142 valence electrons. The van der Waals surface area contributed by atoms with Gasteiger partial charge in [0.1, 0.15) is 0 Å². The molecule has 2 saturated heterocycles. The molecule has 3 heterocycles. The third-order valence-electron chi connectivity index (χ3n) is 5.65. The van der Waals surface area contributed by atoms with E-state index < -0.39 is 0 Å². The minimum absolute atomic E-state index is 0.107. The standard InChI is InChI=1S/C21H27N5O/c1-17-7-5-6-12-26(17)20-11-10-19(22-23-20)24-13-15-25(16-14-24)21(27)18-8-3-2-4-9-18/h2-4,8-11,17H,5-7,12-16H2,1H3. The predicted molar refractivity (Wildman–Crippen MR) is 107 cm³/mol. The smallest absolute Gasteiger partial charge is 0.253 e. The van der Waals surface area contributed by atoms with Crippen LogP contribution in [0.25, 0.3) is 0 Å². The molecule has 1 unspecified atom stereocenters. The maximum atomic E-state index is 12.6. The molecule has 2 fully saturated rings. The molecule has 27 heavy (non-hydrogen) atoms. The fraction of sp³-hybridized carbons (Fsp3) is 0.476. The zero-order valence-electron chi connectivity index (χ0n) is 15.9. The van der Waals surface area contributed by atoms with Crippen LogP contribution < -0.4 is 9.80 Å². The molecule has 6 nitrogen and oxygen atoms in total. The van der Waals surface area contributed by atoms with Crippen LogP contribution in [-0.4, -0.2) is 59.8 Å². The number of hydrogen-bond donors (Lipinski definition) is 0. The van der Waals surface area contributed by atoms with E-state index in [9.17, 15) is 4.79 Å². The summed E-state index contributed by atoms with van der Waals surface area (Å²) >= 11 is 0. The van der Waals surface area contributed by atoms with Gasteiger partial charge in [-0.25, -0.2) is 0 Å². The Hall–Kier alpha value is -2.63. The lowest BCUT2D eigenvalue weighted by molar-refractivity contribution is 0.0746. The summed E-state index contributed by atoms with van der Waals surface area (Å²) in [6, 6.07) is 14.2. The summed E-state index contributed by atoms with van der Waals surface area (Å²) in [5, 5.41) is 8.95. The highest BCUT2D eigenvalue weighted by atomic mass is 16.2. The van der Waals surface area contributed by atoms with Crippen LogP contribution in [0, 0.1) is 0 Å². The number of piperazine rings is 1. The molecule has 0 bridgehead atoms. The van der Waals surface area contributed by atoms with Crippen LogP contribution in [0.5, 0.6) is 0 Å². The van der Waals surface area contributed by atoms with E-state index in [-0.39, 0.29) is 5.91 Å². The third-order valence-corrected chi connectivity index (χ3v) is 5.65. The Kier molecular flexibility index (Phi) is 5.23. The highest BCUT2D eigenvalue weighted by Gasteiger charge is 2.24. The fourth-order valence-corrected chi connectivity index (χ4v) is 3.98. The van der Waals surface area contributed by atoms with Crippen LogP contribution >= 0.6 is 0 Å². The zero-order valence-corrected chi connectivity index (χ0v) is 15.9. The molecule has 2 aromatic rings. The number of carbonyl (C=O) groups is 1. The molecule has 1 amide bonds. The number of rotatable bonds is 3. The van der Waals surface area contributed by atoms with Crippen molar-refractivity contribution < 1.29 is 4.79 Å². The van der Waals surface area contributed by atoms with Crippen LogP contribution in [0.2, 0.25) is 0 Å². The lowest BCUT2D eigenvalue weighted by atomic mass is 10.0. The molecule has 0 saturated carbocycles. The van der Waals surface area contributed by atoms with Crippen LogP contribution in [0.4, 0.5) is 11.6 Å². The maximum absolute atomic E-state index is 12.6. The molecule has 6 heteroatoms. The van der Waals surface area contributed by atoms with Crippen molar-refractivity contribution in [1.29, 1.82) is 0 Å². The van der Waals surface area contributed by atoms with E-state index in [0.29, 0.717) is 19.1 Å². The molecular formula is C21H27N5O. The lowest BCUT2D eigenvalue weighted by Gasteiger charge is -2.36. The van der Waals surface area contributed by atoms with Gasteiger partial charge in [-0.2, -0.15) is 0 Å². The number of aromatic nitrogens is 2. The van der Waals surface area contributed by atoms with E-state index in [1.54, 1.807) is 0 Å². The number of nitrogens with zero attached hydrogens (tertiary/aromatic N) is 5.